The molecular formula is C20H22O3. The van der Waals surface area contributed by atoms with E-state index in [0.717, 1.165) is 17.1 Å². The Morgan fingerprint density at radius 2 is 1.78 bits per heavy atom. The van der Waals surface area contributed by atoms with Crippen LogP contribution in [0.5, 0.6) is 11.5 Å². The highest BCUT2D eigenvalue weighted by molar-refractivity contribution is 5.70. The van der Waals surface area contributed by atoms with Crippen molar-refractivity contribution in [3.05, 3.63) is 72.8 Å². The molecule has 0 heterocycles. The third-order valence-electron chi connectivity index (χ3n) is 3.43. The average molecular weight is 310 g/mol. The maximum atomic E-state index is 11.9. The molecule has 0 fully saturated rings. The summed E-state index contributed by atoms with van der Waals surface area (Å²) >= 11 is 0. The Morgan fingerprint density at radius 3 is 2.48 bits per heavy atom. The van der Waals surface area contributed by atoms with Crippen molar-refractivity contribution in [2.45, 2.75) is 26.9 Å². The van der Waals surface area contributed by atoms with Crippen molar-refractivity contribution in [1.29, 1.82) is 0 Å². The summed E-state index contributed by atoms with van der Waals surface area (Å²) < 4.78 is 11.1. The largest absolute Gasteiger partial charge is 0.461 e. The standard InChI is InChI=1S/C20H22O3/c1-4-20(2,3)14-19(21)22-15-16-9-8-12-18(13-16)23-17-10-6-5-7-11-17/h4-13H,1,14-15H2,2-3H3. The van der Waals surface area contributed by atoms with Crippen LogP contribution in [0.2, 0.25) is 0 Å². The third kappa shape index (κ3) is 5.62. The van der Waals surface area contributed by atoms with Crippen LogP contribution in [0.3, 0.4) is 0 Å². The molecule has 0 aliphatic rings. The van der Waals surface area contributed by atoms with E-state index >= 15 is 0 Å². The van der Waals surface area contributed by atoms with E-state index in [-0.39, 0.29) is 18.0 Å². The first-order valence-electron chi connectivity index (χ1n) is 7.59. The highest BCUT2D eigenvalue weighted by Crippen LogP contribution is 2.24. The van der Waals surface area contributed by atoms with E-state index in [1.807, 2.05) is 68.4 Å². The van der Waals surface area contributed by atoms with Gasteiger partial charge in [0.05, 0.1) is 6.42 Å². The molecule has 120 valence electrons. The first-order chi connectivity index (χ1) is 11.0. The van der Waals surface area contributed by atoms with Crippen LogP contribution < -0.4 is 4.74 Å². The number of rotatable bonds is 7. The number of allylic oxidation sites excluding steroid dienone is 1. The number of hydrogen-bond acceptors (Lipinski definition) is 3. The Labute approximate surface area is 137 Å². The number of ether oxygens (including phenoxy) is 2. The molecule has 2 rings (SSSR count). The summed E-state index contributed by atoms with van der Waals surface area (Å²) in [6.45, 7) is 7.87. The minimum absolute atomic E-state index is 0.232. The Bertz CT molecular complexity index is 660. The molecule has 0 aliphatic carbocycles. The van der Waals surface area contributed by atoms with Gasteiger partial charge in [-0.3, -0.25) is 4.79 Å². The second-order valence-electron chi connectivity index (χ2n) is 6.09. The summed E-state index contributed by atoms with van der Waals surface area (Å²) in [4.78, 5) is 11.9. The van der Waals surface area contributed by atoms with Crippen LogP contribution in [-0.2, 0) is 16.1 Å². The zero-order chi connectivity index (χ0) is 16.7. The van der Waals surface area contributed by atoms with E-state index in [1.165, 1.54) is 0 Å². The van der Waals surface area contributed by atoms with Gasteiger partial charge in [0.15, 0.2) is 0 Å². The van der Waals surface area contributed by atoms with Gasteiger partial charge >= 0.3 is 5.97 Å². The molecule has 0 amide bonds. The van der Waals surface area contributed by atoms with Gasteiger partial charge in [0.25, 0.3) is 0 Å². The summed E-state index contributed by atoms with van der Waals surface area (Å²) in [5.74, 6) is 1.26. The van der Waals surface area contributed by atoms with Gasteiger partial charge in [-0.2, -0.15) is 0 Å². The van der Waals surface area contributed by atoms with Gasteiger partial charge in [-0.1, -0.05) is 50.3 Å². The quantitative estimate of drug-likeness (QED) is 0.525. The molecule has 0 atom stereocenters. The van der Waals surface area contributed by atoms with Crippen LogP contribution in [0.1, 0.15) is 25.8 Å². The summed E-state index contributed by atoms with van der Waals surface area (Å²) in [6, 6.07) is 17.1. The summed E-state index contributed by atoms with van der Waals surface area (Å²) in [5.41, 5.74) is 0.637. The molecule has 23 heavy (non-hydrogen) atoms. The number of benzene rings is 2. The van der Waals surface area contributed by atoms with Crippen molar-refractivity contribution < 1.29 is 14.3 Å². The van der Waals surface area contributed by atoms with Crippen molar-refractivity contribution in [3.8, 4) is 11.5 Å². The molecule has 0 saturated heterocycles. The third-order valence-corrected chi connectivity index (χ3v) is 3.43. The molecule has 2 aromatic rings. The number of carbonyl (C=O) groups is 1. The summed E-state index contributed by atoms with van der Waals surface area (Å²) in [7, 11) is 0. The van der Waals surface area contributed by atoms with Crippen molar-refractivity contribution in [2.24, 2.45) is 5.41 Å². The van der Waals surface area contributed by atoms with Crippen molar-refractivity contribution in [3.63, 3.8) is 0 Å². The normalized spacial score (nSPS) is 10.9. The minimum atomic E-state index is -0.255. The molecule has 0 aliphatic heterocycles. The Morgan fingerprint density at radius 1 is 1.09 bits per heavy atom. The number of hydrogen-bond donors (Lipinski definition) is 0. The molecular weight excluding hydrogens is 288 g/mol. The van der Waals surface area contributed by atoms with E-state index < -0.39 is 0 Å². The molecule has 3 nitrogen and oxygen atoms in total. The lowest BCUT2D eigenvalue weighted by Crippen LogP contribution is -2.16. The predicted molar refractivity (Wildman–Crippen MR) is 91.3 cm³/mol. The van der Waals surface area contributed by atoms with Crippen LogP contribution in [-0.4, -0.2) is 5.97 Å². The molecule has 0 unspecified atom stereocenters. The fourth-order valence-electron chi connectivity index (χ4n) is 1.98. The molecule has 2 aromatic carbocycles. The number of para-hydroxylation sites is 1. The molecule has 0 radical (unpaired) electrons. The lowest BCUT2D eigenvalue weighted by atomic mass is 9.90. The maximum Gasteiger partial charge on any atom is 0.306 e. The van der Waals surface area contributed by atoms with Gasteiger partial charge in [0.2, 0.25) is 0 Å². The zero-order valence-corrected chi connectivity index (χ0v) is 13.6. The van der Waals surface area contributed by atoms with Crippen molar-refractivity contribution >= 4 is 5.97 Å². The van der Waals surface area contributed by atoms with Gasteiger partial charge in [0.1, 0.15) is 18.1 Å². The van der Waals surface area contributed by atoms with Crippen molar-refractivity contribution in [2.75, 3.05) is 0 Å². The average Bonchev–Trinajstić information content (AvgIpc) is 2.54. The fraction of sp³-hybridized carbons (Fsp3) is 0.250. The van der Waals surface area contributed by atoms with E-state index in [0.29, 0.717) is 6.42 Å². The molecule has 0 bridgehead atoms. The summed E-state index contributed by atoms with van der Waals surface area (Å²) in [5, 5.41) is 0. The predicted octanol–water partition coefficient (Wildman–Crippen LogP) is 5.12. The highest BCUT2D eigenvalue weighted by Gasteiger charge is 2.19. The van der Waals surface area contributed by atoms with E-state index in [2.05, 4.69) is 6.58 Å². The molecule has 0 N–H and O–H groups in total. The first-order valence-corrected chi connectivity index (χ1v) is 7.59. The molecule has 0 spiro atoms. The van der Waals surface area contributed by atoms with E-state index in [4.69, 9.17) is 9.47 Å². The molecule has 3 heteroatoms. The smallest absolute Gasteiger partial charge is 0.306 e. The molecule has 0 saturated carbocycles. The van der Waals surface area contributed by atoms with Crippen LogP contribution in [0.25, 0.3) is 0 Å². The number of carbonyl (C=O) groups excluding carboxylic acids is 1. The monoisotopic (exact) mass is 310 g/mol. The topological polar surface area (TPSA) is 35.5 Å². The van der Waals surface area contributed by atoms with E-state index in [1.54, 1.807) is 6.08 Å². The molecule has 0 aromatic heterocycles. The number of esters is 1. The highest BCUT2D eigenvalue weighted by atomic mass is 16.5. The van der Waals surface area contributed by atoms with Crippen LogP contribution in [0, 0.1) is 5.41 Å². The van der Waals surface area contributed by atoms with E-state index in [9.17, 15) is 4.79 Å². The van der Waals surface area contributed by atoms with Crippen LogP contribution in [0.4, 0.5) is 0 Å². The van der Waals surface area contributed by atoms with Crippen LogP contribution >= 0.6 is 0 Å². The van der Waals surface area contributed by atoms with Gasteiger partial charge in [0, 0.05) is 0 Å². The maximum absolute atomic E-state index is 11.9. The van der Waals surface area contributed by atoms with Gasteiger partial charge in [-0.15, -0.1) is 6.58 Å². The lowest BCUT2D eigenvalue weighted by Gasteiger charge is -2.18. The van der Waals surface area contributed by atoms with Gasteiger partial charge < -0.3 is 9.47 Å². The first kappa shape index (κ1) is 16.8. The zero-order valence-electron chi connectivity index (χ0n) is 13.6. The Balaban J connectivity index is 1.93. The fourth-order valence-corrected chi connectivity index (χ4v) is 1.98. The summed E-state index contributed by atoms with van der Waals surface area (Å²) in [6.07, 6.45) is 2.08. The van der Waals surface area contributed by atoms with Gasteiger partial charge in [-0.05, 0) is 35.2 Å². The lowest BCUT2D eigenvalue weighted by molar-refractivity contribution is -0.146. The Kier molecular flexibility index (Phi) is 5.58. The minimum Gasteiger partial charge on any atom is -0.461 e. The second kappa shape index (κ2) is 7.63. The van der Waals surface area contributed by atoms with Crippen LogP contribution in [0.15, 0.2) is 67.3 Å². The second-order valence-corrected chi connectivity index (χ2v) is 6.09. The van der Waals surface area contributed by atoms with Crippen molar-refractivity contribution in [1.82, 2.24) is 0 Å². The SMILES string of the molecule is C=CC(C)(C)CC(=O)OCc1cccc(Oc2ccccc2)c1. The Hall–Kier alpha value is -2.55. The van der Waals surface area contributed by atoms with Gasteiger partial charge in [-0.25, -0.2) is 0 Å².